The van der Waals surface area contributed by atoms with Crippen LogP contribution < -0.4 is 5.32 Å². The van der Waals surface area contributed by atoms with E-state index < -0.39 is 0 Å². The molecule has 1 aliphatic rings. The Morgan fingerprint density at radius 2 is 2.47 bits per heavy atom. The third-order valence-corrected chi connectivity index (χ3v) is 3.23. The smallest absolute Gasteiger partial charge is 0.263 e. The van der Waals surface area contributed by atoms with Crippen LogP contribution in [-0.4, -0.2) is 29.1 Å². The highest BCUT2D eigenvalue weighted by molar-refractivity contribution is 7.11. The molecule has 0 aromatic carbocycles. The van der Waals surface area contributed by atoms with Crippen LogP contribution in [0.1, 0.15) is 40.5 Å². The molecule has 1 amide bonds. The van der Waals surface area contributed by atoms with Crippen molar-refractivity contribution in [2.24, 2.45) is 0 Å². The summed E-state index contributed by atoms with van der Waals surface area (Å²) >= 11 is 1.40. The SMILES string of the molecule is O=C(NCCCO)c1scnc1C1CC1. The number of nitrogens with one attached hydrogen (secondary N) is 1. The standard InChI is InChI=1S/C10H14N2O2S/c13-5-1-4-11-10(14)9-8(7-2-3-7)12-6-15-9/h6-7,13H,1-5H2,(H,11,14). The number of nitrogens with zero attached hydrogens (tertiary/aromatic N) is 1. The molecule has 0 spiro atoms. The minimum atomic E-state index is -0.0483. The summed E-state index contributed by atoms with van der Waals surface area (Å²) in [7, 11) is 0. The number of aliphatic hydroxyl groups excluding tert-OH is 1. The van der Waals surface area contributed by atoms with Gasteiger partial charge in [0.2, 0.25) is 0 Å². The number of thiazole rings is 1. The summed E-state index contributed by atoms with van der Waals surface area (Å²) in [6, 6.07) is 0. The van der Waals surface area contributed by atoms with E-state index >= 15 is 0 Å². The Labute approximate surface area is 92.3 Å². The first-order valence-electron chi connectivity index (χ1n) is 5.15. The van der Waals surface area contributed by atoms with Gasteiger partial charge >= 0.3 is 0 Å². The van der Waals surface area contributed by atoms with E-state index in [1.54, 1.807) is 5.51 Å². The molecule has 0 radical (unpaired) electrons. The monoisotopic (exact) mass is 226 g/mol. The lowest BCUT2D eigenvalue weighted by molar-refractivity contribution is 0.0954. The van der Waals surface area contributed by atoms with Crippen molar-refractivity contribution < 1.29 is 9.90 Å². The zero-order chi connectivity index (χ0) is 10.7. The summed E-state index contributed by atoms with van der Waals surface area (Å²) in [5.41, 5.74) is 2.69. The van der Waals surface area contributed by atoms with Gasteiger partial charge in [-0.2, -0.15) is 0 Å². The lowest BCUT2D eigenvalue weighted by Crippen LogP contribution is -2.25. The van der Waals surface area contributed by atoms with Gasteiger partial charge in [0.05, 0.1) is 11.2 Å². The highest BCUT2D eigenvalue weighted by atomic mass is 32.1. The quantitative estimate of drug-likeness (QED) is 0.740. The van der Waals surface area contributed by atoms with E-state index in [0.717, 1.165) is 23.4 Å². The second kappa shape index (κ2) is 4.72. The van der Waals surface area contributed by atoms with E-state index in [9.17, 15) is 4.79 Å². The van der Waals surface area contributed by atoms with Gasteiger partial charge in [-0.25, -0.2) is 4.98 Å². The second-order valence-corrected chi connectivity index (χ2v) is 4.53. The Balaban J connectivity index is 1.95. The molecule has 1 aliphatic carbocycles. The van der Waals surface area contributed by atoms with Crippen molar-refractivity contribution in [3.63, 3.8) is 0 Å². The maximum absolute atomic E-state index is 11.7. The number of amides is 1. The molecule has 1 aromatic heterocycles. The van der Waals surface area contributed by atoms with Gasteiger partial charge in [-0.05, 0) is 19.3 Å². The molecule has 1 saturated carbocycles. The molecule has 0 bridgehead atoms. The highest BCUT2D eigenvalue weighted by Crippen LogP contribution is 2.41. The second-order valence-electron chi connectivity index (χ2n) is 3.67. The largest absolute Gasteiger partial charge is 0.396 e. The number of carbonyl (C=O) groups excluding carboxylic acids is 1. The van der Waals surface area contributed by atoms with Crippen LogP contribution >= 0.6 is 11.3 Å². The third-order valence-electron chi connectivity index (χ3n) is 2.39. The summed E-state index contributed by atoms with van der Waals surface area (Å²) in [5, 5.41) is 11.4. The Bertz CT molecular complexity index is 347. The predicted molar refractivity (Wildman–Crippen MR) is 58.1 cm³/mol. The molecular weight excluding hydrogens is 212 g/mol. The van der Waals surface area contributed by atoms with E-state index in [2.05, 4.69) is 10.3 Å². The summed E-state index contributed by atoms with van der Waals surface area (Å²) in [6.07, 6.45) is 2.91. The van der Waals surface area contributed by atoms with Gasteiger partial charge in [-0.3, -0.25) is 4.79 Å². The maximum Gasteiger partial charge on any atom is 0.263 e. The maximum atomic E-state index is 11.7. The summed E-state index contributed by atoms with van der Waals surface area (Å²) in [4.78, 5) is 16.7. The molecular formula is C10H14N2O2S. The zero-order valence-corrected chi connectivity index (χ0v) is 9.22. The van der Waals surface area contributed by atoms with Crippen LogP contribution in [0.15, 0.2) is 5.51 Å². The summed E-state index contributed by atoms with van der Waals surface area (Å²) in [6.45, 7) is 0.635. The molecule has 2 rings (SSSR count). The molecule has 0 atom stereocenters. The first-order valence-corrected chi connectivity index (χ1v) is 6.03. The number of rotatable bonds is 5. The molecule has 4 nitrogen and oxygen atoms in total. The van der Waals surface area contributed by atoms with Crippen molar-refractivity contribution in [1.29, 1.82) is 0 Å². The van der Waals surface area contributed by atoms with Crippen molar-refractivity contribution in [2.45, 2.75) is 25.2 Å². The van der Waals surface area contributed by atoms with Gasteiger partial charge in [0.25, 0.3) is 5.91 Å². The molecule has 0 unspecified atom stereocenters. The van der Waals surface area contributed by atoms with Crippen LogP contribution in [0.3, 0.4) is 0 Å². The predicted octanol–water partition coefficient (Wildman–Crippen LogP) is 1.13. The fourth-order valence-corrected chi connectivity index (χ4v) is 2.22. The Kier molecular flexibility index (Phi) is 3.33. The normalized spacial score (nSPS) is 15.3. The van der Waals surface area contributed by atoms with E-state index in [1.165, 1.54) is 11.3 Å². The van der Waals surface area contributed by atoms with Crippen LogP contribution in [0.4, 0.5) is 0 Å². The molecule has 0 aliphatic heterocycles. The van der Waals surface area contributed by atoms with Crippen LogP contribution in [0.25, 0.3) is 0 Å². The van der Waals surface area contributed by atoms with Crippen molar-refractivity contribution in [1.82, 2.24) is 10.3 Å². The Morgan fingerprint density at radius 3 is 3.13 bits per heavy atom. The van der Waals surface area contributed by atoms with Gasteiger partial charge in [0, 0.05) is 19.1 Å². The molecule has 82 valence electrons. The van der Waals surface area contributed by atoms with Gasteiger partial charge in [0.1, 0.15) is 4.88 Å². The van der Waals surface area contributed by atoms with Gasteiger partial charge in [-0.1, -0.05) is 0 Å². The Morgan fingerprint density at radius 1 is 1.67 bits per heavy atom. The average Bonchev–Trinajstić information content (AvgIpc) is 2.96. The van der Waals surface area contributed by atoms with Gasteiger partial charge in [-0.15, -0.1) is 11.3 Å². The van der Waals surface area contributed by atoms with E-state index in [1.807, 2.05) is 0 Å². The highest BCUT2D eigenvalue weighted by Gasteiger charge is 2.30. The fraction of sp³-hybridized carbons (Fsp3) is 0.600. The topological polar surface area (TPSA) is 62.2 Å². The minimum absolute atomic E-state index is 0.0483. The van der Waals surface area contributed by atoms with Crippen molar-refractivity contribution in [3.05, 3.63) is 16.1 Å². The fourth-order valence-electron chi connectivity index (χ4n) is 1.43. The molecule has 1 aromatic rings. The van der Waals surface area contributed by atoms with Crippen molar-refractivity contribution in [3.8, 4) is 0 Å². The van der Waals surface area contributed by atoms with E-state index in [-0.39, 0.29) is 12.5 Å². The lowest BCUT2D eigenvalue weighted by Gasteiger charge is -2.03. The number of hydrogen-bond acceptors (Lipinski definition) is 4. The van der Waals surface area contributed by atoms with E-state index in [4.69, 9.17) is 5.11 Å². The molecule has 5 heteroatoms. The molecule has 0 saturated heterocycles. The first kappa shape index (κ1) is 10.6. The van der Waals surface area contributed by atoms with Crippen LogP contribution in [-0.2, 0) is 0 Å². The number of carbonyl (C=O) groups is 1. The molecule has 15 heavy (non-hydrogen) atoms. The number of aliphatic hydroxyl groups is 1. The van der Waals surface area contributed by atoms with Crippen LogP contribution in [0.5, 0.6) is 0 Å². The van der Waals surface area contributed by atoms with Crippen LogP contribution in [0, 0.1) is 0 Å². The van der Waals surface area contributed by atoms with Crippen LogP contribution in [0.2, 0.25) is 0 Å². The molecule has 2 N–H and O–H groups in total. The van der Waals surface area contributed by atoms with E-state index in [0.29, 0.717) is 18.9 Å². The summed E-state index contributed by atoms with van der Waals surface area (Å²) in [5.74, 6) is 0.461. The lowest BCUT2D eigenvalue weighted by atomic mass is 10.2. The minimum Gasteiger partial charge on any atom is -0.396 e. The molecule has 1 fully saturated rings. The zero-order valence-electron chi connectivity index (χ0n) is 8.40. The summed E-state index contributed by atoms with van der Waals surface area (Å²) < 4.78 is 0. The van der Waals surface area contributed by atoms with Crippen molar-refractivity contribution in [2.75, 3.05) is 13.2 Å². The number of aromatic nitrogens is 1. The third kappa shape index (κ3) is 2.54. The Hall–Kier alpha value is -0.940. The first-order chi connectivity index (χ1) is 7.33. The number of hydrogen-bond donors (Lipinski definition) is 2. The average molecular weight is 226 g/mol. The van der Waals surface area contributed by atoms with Gasteiger partial charge in [0.15, 0.2) is 0 Å². The molecule has 1 heterocycles. The van der Waals surface area contributed by atoms with Crippen molar-refractivity contribution >= 4 is 17.2 Å². The van der Waals surface area contributed by atoms with Gasteiger partial charge < -0.3 is 10.4 Å².